The molecular weight excluding hydrogens is 240 g/mol. The number of hydrogen-bond donors (Lipinski definition) is 2. The number of hydrogen-bond acceptors (Lipinski definition) is 4. The first kappa shape index (κ1) is 14.2. The quantitative estimate of drug-likeness (QED) is 0.867. The molecule has 2 rings (SSSR count). The van der Waals surface area contributed by atoms with Crippen molar-refractivity contribution in [2.45, 2.75) is 32.4 Å². The van der Waals surface area contributed by atoms with Gasteiger partial charge in [0.1, 0.15) is 5.75 Å². The second kappa shape index (κ2) is 6.78. The number of ether oxygens (including phenoxy) is 1. The van der Waals surface area contributed by atoms with E-state index in [0.29, 0.717) is 12.6 Å². The fraction of sp³-hybridized carbons (Fsp3) is 0.600. The first-order chi connectivity index (χ1) is 9.27. The van der Waals surface area contributed by atoms with E-state index in [-0.39, 0.29) is 12.6 Å². The summed E-state index contributed by atoms with van der Waals surface area (Å²) >= 11 is 0. The lowest BCUT2D eigenvalue weighted by Gasteiger charge is -2.36. The Morgan fingerprint density at radius 1 is 1.42 bits per heavy atom. The lowest BCUT2D eigenvalue weighted by atomic mass is 10.1. The maximum Gasteiger partial charge on any atom is 0.142 e. The second-order valence-electron chi connectivity index (χ2n) is 4.99. The normalized spacial score (nSPS) is 24.1. The highest BCUT2D eigenvalue weighted by atomic mass is 16.5. The summed E-state index contributed by atoms with van der Waals surface area (Å²) in [5.74, 6) is 0.900. The van der Waals surface area contributed by atoms with Crippen molar-refractivity contribution in [2.24, 2.45) is 0 Å². The Morgan fingerprint density at radius 3 is 2.95 bits per heavy atom. The molecule has 1 aliphatic heterocycles. The number of aliphatic hydroxyl groups is 1. The third kappa shape index (κ3) is 3.19. The number of aliphatic hydroxyl groups excluding tert-OH is 1. The van der Waals surface area contributed by atoms with Crippen LogP contribution < -0.4 is 15.0 Å². The first-order valence-corrected chi connectivity index (χ1v) is 7.09. The van der Waals surface area contributed by atoms with E-state index in [4.69, 9.17) is 4.74 Å². The molecule has 106 valence electrons. The third-order valence-electron chi connectivity index (χ3n) is 3.64. The Bertz CT molecular complexity index is 397. The maximum atomic E-state index is 9.66. The van der Waals surface area contributed by atoms with Crippen LogP contribution in [0.5, 0.6) is 5.75 Å². The van der Waals surface area contributed by atoms with Crippen molar-refractivity contribution in [3.63, 3.8) is 0 Å². The minimum Gasteiger partial charge on any atom is -0.492 e. The molecule has 0 saturated carbocycles. The van der Waals surface area contributed by atoms with Crippen LogP contribution in [0.2, 0.25) is 0 Å². The Kier molecular flexibility index (Phi) is 5.05. The predicted octanol–water partition coefficient (Wildman–Crippen LogP) is 1.63. The van der Waals surface area contributed by atoms with Gasteiger partial charge in [-0.2, -0.15) is 0 Å². The van der Waals surface area contributed by atoms with Crippen LogP contribution in [0.4, 0.5) is 5.69 Å². The summed E-state index contributed by atoms with van der Waals surface area (Å²) in [6.45, 7) is 6.80. The van der Waals surface area contributed by atoms with E-state index in [1.54, 1.807) is 0 Å². The molecule has 4 nitrogen and oxygen atoms in total. The van der Waals surface area contributed by atoms with Gasteiger partial charge in [-0.25, -0.2) is 0 Å². The molecule has 0 aromatic heterocycles. The molecule has 1 fully saturated rings. The van der Waals surface area contributed by atoms with Crippen molar-refractivity contribution in [1.29, 1.82) is 0 Å². The monoisotopic (exact) mass is 264 g/mol. The van der Waals surface area contributed by atoms with Gasteiger partial charge in [0.05, 0.1) is 24.9 Å². The fourth-order valence-electron chi connectivity index (χ4n) is 2.71. The van der Waals surface area contributed by atoms with E-state index in [9.17, 15) is 5.11 Å². The third-order valence-corrected chi connectivity index (χ3v) is 3.64. The number of nitrogens with one attached hydrogen (secondary N) is 1. The summed E-state index contributed by atoms with van der Waals surface area (Å²) in [6, 6.07) is 8.57. The summed E-state index contributed by atoms with van der Waals surface area (Å²) in [5, 5.41) is 13.1. The molecule has 0 spiro atoms. The molecule has 2 atom stereocenters. The van der Waals surface area contributed by atoms with E-state index < -0.39 is 0 Å². The minimum absolute atomic E-state index is 0.0964. The number of nitrogens with zero attached hydrogens (tertiary/aromatic N) is 1. The minimum atomic E-state index is 0.0964. The van der Waals surface area contributed by atoms with Crippen LogP contribution in [0.1, 0.15) is 20.3 Å². The molecule has 1 aliphatic rings. The van der Waals surface area contributed by atoms with Crippen LogP contribution in [0.25, 0.3) is 0 Å². The highest BCUT2D eigenvalue weighted by Crippen LogP contribution is 2.32. The molecule has 0 bridgehead atoms. The second-order valence-corrected chi connectivity index (χ2v) is 4.99. The van der Waals surface area contributed by atoms with Gasteiger partial charge in [-0.05, 0) is 38.9 Å². The lowest BCUT2D eigenvalue weighted by Crippen LogP contribution is -2.46. The summed E-state index contributed by atoms with van der Waals surface area (Å²) in [5.41, 5.74) is 1.08. The summed E-state index contributed by atoms with van der Waals surface area (Å²) in [6.07, 6.45) is 1.07. The number of para-hydroxylation sites is 2. The first-order valence-electron chi connectivity index (χ1n) is 7.09. The van der Waals surface area contributed by atoms with Crippen LogP contribution in [0.15, 0.2) is 24.3 Å². The molecule has 1 saturated heterocycles. The van der Waals surface area contributed by atoms with Crippen molar-refractivity contribution in [3.05, 3.63) is 24.3 Å². The van der Waals surface area contributed by atoms with Gasteiger partial charge in [0.2, 0.25) is 0 Å². The highest BCUT2D eigenvalue weighted by Gasteiger charge is 2.27. The molecule has 1 aromatic carbocycles. The van der Waals surface area contributed by atoms with E-state index >= 15 is 0 Å². The van der Waals surface area contributed by atoms with Gasteiger partial charge in [-0.3, -0.25) is 0 Å². The summed E-state index contributed by atoms with van der Waals surface area (Å²) < 4.78 is 5.73. The number of anilines is 1. The molecule has 0 aliphatic carbocycles. The Hall–Kier alpha value is -1.26. The average Bonchev–Trinajstić information content (AvgIpc) is 2.61. The van der Waals surface area contributed by atoms with Crippen molar-refractivity contribution >= 4 is 5.69 Å². The van der Waals surface area contributed by atoms with E-state index in [0.717, 1.165) is 30.9 Å². The smallest absolute Gasteiger partial charge is 0.142 e. The zero-order valence-corrected chi connectivity index (χ0v) is 11.8. The van der Waals surface area contributed by atoms with E-state index in [1.165, 1.54) is 0 Å². The molecular formula is C15H24N2O2. The largest absolute Gasteiger partial charge is 0.492 e. The standard InChI is InChI=1S/C15H24N2O2/c1-3-19-15-7-5-4-6-14(15)17-12(2)8-9-16-10-13(17)11-18/h4-7,12-13,16,18H,3,8-11H2,1-2H3. The van der Waals surface area contributed by atoms with Crippen molar-refractivity contribution in [2.75, 3.05) is 31.2 Å². The highest BCUT2D eigenvalue weighted by molar-refractivity contribution is 5.60. The molecule has 4 heteroatoms. The molecule has 1 heterocycles. The lowest BCUT2D eigenvalue weighted by molar-refractivity contribution is 0.254. The molecule has 0 radical (unpaired) electrons. The van der Waals surface area contributed by atoms with Gasteiger partial charge in [-0.1, -0.05) is 12.1 Å². The Labute approximate surface area is 115 Å². The average molecular weight is 264 g/mol. The Morgan fingerprint density at radius 2 is 2.21 bits per heavy atom. The van der Waals surface area contributed by atoms with Gasteiger partial charge in [0.25, 0.3) is 0 Å². The zero-order valence-electron chi connectivity index (χ0n) is 11.8. The maximum absolute atomic E-state index is 9.66. The zero-order chi connectivity index (χ0) is 13.7. The van der Waals surface area contributed by atoms with Crippen molar-refractivity contribution in [3.8, 4) is 5.75 Å². The summed E-state index contributed by atoms with van der Waals surface area (Å²) in [4.78, 5) is 2.30. The number of rotatable bonds is 4. The van der Waals surface area contributed by atoms with Crippen LogP contribution in [-0.4, -0.2) is 43.5 Å². The van der Waals surface area contributed by atoms with Gasteiger partial charge in [-0.15, -0.1) is 0 Å². The van der Waals surface area contributed by atoms with Crippen molar-refractivity contribution < 1.29 is 9.84 Å². The molecule has 1 aromatic rings. The summed E-state index contributed by atoms with van der Waals surface area (Å²) in [7, 11) is 0. The molecule has 2 N–H and O–H groups in total. The van der Waals surface area contributed by atoms with E-state index in [2.05, 4.69) is 23.2 Å². The van der Waals surface area contributed by atoms with Crippen LogP contribution >= 0.6 is 0 Å². The predicted molar refractivity (Wildman–Crippen MR) is 77.9 cm³/mol. The van der Waals surface area contributed by atoms with E-state index in [1.807, 2.05) is 25.1 Å². The fourth-order valence-corrected chi connectivity index (χ4v) is 2.71. The SMILES string of the molecule is CCOc1ccccc1N1C(C)CCNCC1CO. The van der Waals surface area contributed by atoms with Crippen LogP contribution in [0.3, 0.4) is 0 Å². The van der Waals surface area contributed by atoms with Gasteiger partial charge < -0.3 is 20.1 Å². The molecule has 19 heavy (non-hydrogen) atoms. The topological polar surface area (TPSA) is 44.7 Å². The molecule has 0 amide bonds. The van der Waals surface area contributed by atoms with Crippen LogP contribution in [0, 0.1) is 0 Å². The van der Waals surface area contributed by atoms with Gasteiger partial charge in [0.15, 0.2) is 0 Å². The van der Waals surface area contributed by atoms with Crippen molar-refractivity contribution in [1.82, 2.24) is 5.32 Å². The van der Waals surface area contributed by atoms with Crippen LogP contribution in [-0.2, 0) is 0 Å². The van der Waals surface area contributed by atoms with Gasteiger partial charge in [0, 0.05) is 12.6 Å². The molecule has 2 unspecified atom stereocenters. The Balaban J connectivity index is 2.34. The number of benzene rings is 1. The van der Waals surface area contributed by atoms with Gasteiger partial charge >= 0.3 is 0 Å².